The summed E-state index contributed by atoms with van der Waals surface area (Å²) >= 11 is 0. The standard InChI is InChI=1S/C16H23N3O2/c1-12(2)10-19(5-3-4-17)11-13-8-15-16(9-14(13)18)21-7-6-20-15/h8-9,12H,3,5-7,10-11,18H2,1-2H3. The molecule has 1 heterocycles. The van der Waals surface area contributed by atoms with Crippen LogP contribution in [0.4, 0.5) is 5.69 Å². The minimum Gasteiger partial charge on any atom is -0.486 e. The molecule has 5 nitrogen and oxygen atoms in total. The first kappa shape index (κ1) is 15.5. The maximum atomic E-state index is 8.79. The first-order valence-corrected chi connectivity index (χ1v) is 7.37. The van der Waals surface area contributed by atoms with Gasteiger partial charge in [-0.1, -0.05) is 13.8 Å². The fraction of sp³-hybridized carbons (Fsp3) is 0.562. The number of fused-ring (bicyclic) bond motifs is 1. The fourth-order valence-electron chi connectivity index (χ4n) is 2.48. The molecule has 0 amide bonds. The van der Waals surface area contributed by atoms with Crippen LogP contribution >= 0.6 is 0 Å². The van der Waals surface area contributed by atoms with Crippen LogP contribution in [0.2, 0.25) is 0 Å². The Morgan fingerprint density at radius 2 is 1.95 bits per heavy atom. The number of rotatable bonds is 6. The molecule has 0 aliphatic carbocycles. The van der Waals surface area contributed by atoms with Crippen LogP contribution in [-0.2, 0) is 6.54 Å². The van der Waals surface area contributed by atoms with E-state index in [-0.39, 0.29) is 0 Å². The van der Waals surface area contributed by atoms with Gasteiger partial charge in [-0.25, -0.2) is 0 Å². The van der Waals surface area contributed by atoms with Gasteiger partial charge in [0.05, 0.1) is 6.07 Å². The number of nitrogens with two attached hydrogens (primary N) is 1. The molecule has 1 aromatic carbocycles. The number of anilines is 1. The summed E-state index contributed by atoms with van der Waals surface area (Å²) in [6.07, 6.45) is 0.525. The zero-order valence-electron chi connectivity index (χ0n) is 12.8. The van der Waals surface area contributed by atoms with Gasteiger partial charge in [0.1, 0.15) is 13.2 Å². The first-order chi connectivity index (χ1) is 10.1. The number of hydrogen-bond donors (Lipinski definition) is 1. The summed E-state index contributed by atoms with van der Waals surface area (Å²) in [5.74, 6) is 2.02. The Balaban J connectivity index is 2.13. The third-order valence-electron chi connectivity index (χ3n) is 3.36. The van der Waals surface area contributed by atoms with Crippen LogP contribution in [0.1, 0.15) is 25.8 Å². The Hall–Kier alpha value is -1.93. The number of nitrogens with zero attached hydrogens (tertiary/aromatic N) is 2. The highest BCUT2D eigenvalue weighted by Crippen LogP contribution is 2.34. The Bertz CT molecular complexity index is 523. The smallest absolute Gasteiger partial charge is 0.163 e. The molecule has 0 atom stereocenters. The van der Waals surface area contributed by atoms with Crippen molar-refractivity contribution in [2.24, 2.45) is 5.92 Å². The molecule has 1 aliphatic heterocycles. The van der Waals surface area contributed by atoms with Crippen molar-refractivity contribution in [3.63, 3.8) is 0 Å². The van der Waals surface area contributed by atoms with E-state index >= 15 is 0 Å². The molecule has 2 N–H and O–H groups in total. The zero-order valence-corrected chi connectivity index (χ0v) is 12.8. The Kier molecular flexibility index (Phi) is 5.29. The van der Waals surface area contributed by atoms with E-state index in [4.69, 9.17) is 20.5 Å². The number of benzene rings is 1. The van der Waals surface area contributed by atoms with Gasteiger partial charge < -0.3 is 15.2 Å². The van der Waals surface area contributed by atoms with Crippen LogP contribution in [0, 0.1) is 17.2 Å². The molecule has 0 radical (unpaired) electrons. The molecule has 1 aromatic rings. The number of hydrogen-bond acceptors (Lipinski definition) is 5. The van der Waals surface area contributed by atoms with Crippen molar-refractivity contribution in [2.75, 3.05) is 32.0 Å². The van der Waals surface area contributed by atoms with Crippen molar-refractivity contribution in [3.05, 3.63) is 17.7 Å². The molecule has 0 saturated carbocycles. The number of nitrogen functional groups attached to an aromatic ring is 1. The van der Waals surface area contributed by atoms with E-state index in [9.17, 15) is 0 Å². The second-order valence-corrected chi connectivity index (χ2v) is 5.73. The summed E-state index contributed by atoms with van der Waals surface area (Å²) in [6.45, 7) is 7.90. The maximum Gasteiger partial charge on any atom is 0.163 e. The maximum absolute atomic E-state index is 8.79. The van der Waals surface area contributed by atoms with Crippen LogP contribution < -0.4 is 15.2 Å². The van der Waals surface area contributed by atoms with Crippen LogP contribution in [-0.4, -0.2) is 31.2 Å². The van der Waals surface area contributed by atoms with Crippen molar-refractivity contribution in [1.82, 2.24) is 4.90 Å². The van der Waals surface area contributed by atoms with Gasteiger partial charge in [-0.3, -0.25) is 4.90 Å². The topological polar surface area (TPSA) is 71.5 Å². The van der Waals surface area contributed by atoms with Crippen LogP contribution in [0.5, 0.6) is 11.5 Å². The van der Waals surface area contributed by atoms with Crippen molar-refractivity contribution in [2.45, 2.75) is 26.8 Å². The van der Waals surface area contributed by atoms with Crippen molar-refractivity contribution >= 4 is 5.69 Å². The van der Waals surface area contributed by atoms with Gasteiger partial charge in [-0.15, -0.1) is 0 Å². The molecule has 5 heteroatoms. The fourth-order valence-corrected chi connectivity index (χ4v) is 2.48. The van der Waals surface area contributed by atoms with Gasteiger partial charge in [0.2, 0.25) is 0 Å². The van der Waals surface area contributed by atoms with E-state index in [1.165, 1.54) is 0 Å². The third-order valence-corrected chi connectivity index (χ3v) is 3.36. The van der Waals surface area contributed by atoms with Gasteiger partial charge >= 0.3 is 0 Å². The summed E-state index contributed by atoms with van der Waals surface area (Å²) in [5, 5.41) is 8.79. The predicted octanol–water partition coefficient (Wildman–Crippen LogP) is 2.41. The normalized spacial score (nSPS) is 13.5. The predicted molar refractivity (Wildman–Crippen MR) is 82.2 cm³/mol. The van der Waals surface area contributed by atoms with Crippen molar-refractivity contribution in [1.29, 1.82) is 5.26 Å². The van der Waals surface area contributed by atoms with Gasteiger partial charge in [0.25, 0.3) is 0 Å². The Morgan fingerprint density at radius 3 is 2.57 bits per heavy atom. The van der Waals surface area contributed by atoms with E-state index in [1.807, 2.05) is 12.1 Å². The van der Waals surface area contributed by atoms with E-state index < -0.39 is 0 Å². The minimum absolute atomic E-state index is 0.525. The van der Waals surface area contributed by atoms with E-state index in [0.29, 0.717) is 31.2 Å². The quantitative estimate of drug-likeness (QED) is 0.814. The monoisotopic (exact) mass is 289 g/mol. The summed E-state index contributed by atoms with van der Waals surface area (Å²) in [4.78, 5) is 2.26. The first-order valence-electron chi connectivity index (χ1n) is 7.37. The summed E-state index contributed by atoms with van der Waals surface area (Å²) in [5.41, 5.74) is 7.86. The van der Waals surface area contributed by atoms with Gasteiger partial charge in [-0.2, -0.15) is 5.26 Å². The lowest BCUT2D eigenvalue weighted by Gasteiger charge is -2.25. The highest BCUT2D eigenvalue weighted by molar-refractivity contribution is 5.58. The Labute approximate surface area is 126 Å². The van der Waals surface area contributed by atoms with E-state index in [1.54, 1.807) is 0 Å². The van der Waals surface area contributed by atoms with Crippen LogP contribution in [0.15, 0.2) is 12.1 Å². The SMILES string of the molecule is CC(C)CN(CCC#N)Cc1cc2c(cc1N)OCCO2. The molecular formula is C16H23N3O2. The zero-order chi connectivity index (χ0) is 15.2. The summed E-state index contributed by atoms with van der Waals surface area (Å²) < 4.78 is 11.1. The molecular weight excluding hydrogens is 266 g/mol. The average molecular weight is 289 g/mol. The Morgan fingerprint density at radius 1 is 1.29 bits per heavy atom. The van der Waals surface area contributed by atoms with E-state index in [0.717, 1.165) is 36.7 Å². The lowest BCUT2D eigenvalue weighted by Crippen LogP contribution is -2.29. The molecule has 2 rings (SSSR count). The second kappa shape index (κ2) is 7.19. The van der Waals surface area contributed by atoms with Gasteiger partial charge in [0.15, 0.2) is 11.5 Å². The third kappa shape index (κ3) is 4.27. The summed E-state index contributed by atoms with van der Waals surface area (Å²) in [6, 6.07) is 6.00. The van der Waals surface area contributed by atoms with Crippen LogP contribution in [0.25, 0.3) is 0 Å². The number of ether oxygens (including phenoxy) is 2. The highest BCUT2D eigenvalue weighted by Gasteiger charge is 2.16. The molecule has 0 spiro atoms. The summed E-state index contributed by atoms with van der Waals surface area (Å²) in [7, 11) is 0. The van der Waals surface area contributed by atoms with Crippen molar-refractivity contribution in [3.8, 4) is 17.6 Å². The molecule has 21 heavy (non-hydrogen) atoms. The van der Waals surface area contributed by atoms with Gasteiger partial charge in [-0.05, 0) is 17.5 Å². The lowest BCUT2D eigenvalue weighted by atomic mass is 10.1. The molecule has 0 aromatic heterocycles. The molecule has 0 saturated heterocycles. The highest BCUT2D eigenvalue weighted by atomic mass is 16.6. The molecule has 0 fully saturated rings. The molecule has 0 bridgehead atoms. The number of nitriles is 1. The average Bonchev–Trinajstić information content (AvgIpc) is 2.45. The van der Waals surface area contributed by atoms with Crippen LogP contribution in [0.3, 0.4) is 0 Å². The van der Waals surface area contributed by atoms with Crippen molar-refractivity contribution < 1.29 is 9.47 Å². The minimum atomic E-state index is 0.525. The molecule has 114 valence electrons. The molecule has 0 unspecified atom stereocenters. The molecule has 1 aliphatic rings. The van der Waals surface area contributed by atoms with E-state index in [2.05, 4.69) is 24.8 Å². The van der Waals surface area contributed by atoms with Gasteiger partial charge in [0, 0.05) is 37.8 Å². The lowest BCUT2D eigenvalue weighted by molar-refractivity contribution is 0.171. The second-order valence-electron chi connectivity index (χ2n) is 5.73. The largest absolute Gasteiger partial charge is 0.486 e.